The van der Waals surface area contributed by atoms with Gasteiger partial charge in [-0.2, -0.15) is 0 Å². The van der Waals surface area contributed by atoms with Crippen LogP contribution in [-0.2, 0) is 9.63 Å². The molecule has 1 aliphatic rings. The molecule has 0 amide bonds. The Labute approximate surface area is 130 Å². The molecule has 23 heavy (non-hydrogen) atoms. The standard InChI is InChI=1S/C16H10N2O5/c19-13-7-1-10(2-8-13)9-14-15(17-23-16(14)20)11-3-5-12(6-4-11)18(21)22/h1-9,19H/b14-9-. The molecular weight excluding hydrogens is 300 g/mol. The quantitative estimate of drug-likeness (QED) is 0.406. The van der Waals surface area contributed by atoms with Crippen LogP contribution in [0.3, 0.4) is 0 Å². The van der Waals surface area contributed by atoms with Crippen LogP contribution >= 0.6 is 0 Å². The number of hydrogen-bond donors (Lipinski definition) is 1. The number of carbonyl (C=O) groups excluding carboxylic acids is 1. The summed E-state index contributed by atoms with van der Waals surface area (Å²) in [6, 6.07) is 11.9. The van der Waals surface area contributed by atoms with E-state index in [0.717, 1.165) is 0 Å². The summed E-state index contributed by atoms with van der Waals surface area (Å²) in [4.78, 5) is 26.7. The largest absolute Gasteiger partial charge is 0.508 e. The highest BCUT2D eigenvalue weighted by molar-refractivity contribution is 6.31. The predicted molar refractivity (Wildman–Crippen MR) is 81.8 cm³/mol. The fourth-order valence-electron chi connectivity index (χ4n) is 2.10. The summed E-state index contributed by atoms with van der Waals surface area (Å²) in [5, 5.41) is 23.7. The second-order valence-corrected chi connectivity index (χ2v) is 4.77. The number of nitro groups is 1. The molecule has 0 fully saturated rings. The van der Waals surface area contributed by atoms with Gasteiger partial charge in [0.2, 0.25) is 0 Å². The van der Waals surface area contributed by atoms with Crippen molar-refractivity contribution in [3.63, 3.8) is 0 Å². The number of phenolic OH excluding ortho intramolecular Hbond substituents is 1. The summed E-state index contributed by atoms with van der Waals surface area (Å²) in [5.74, 6) is -0.489. The molecular formula is C16H10N2O5. The Bertz CT molecular complexity index is 836. The number of benzene rings is 2. The van der Waals surface area contributed by atoms with E-state index in [4.69, 9.17) is 4.84 Å². The van der Waals surface area contributed by atoms with Crippen molar-refractivity contribution in [2.24, 2.45) is 5.16 Å². The van der Waals surface area contributed by atoms with Gasteiger partial charge in [-0.25, -0.2) is 4.79 Å². The molecule has 3 rings (SSSR count). The number of carbonyl (C=O) groups is 1. The van der Waals surface area contributed by atoms with Crippen LogP contribution in [0.25, 0.3) is 6.08 Å². The average Bonchev–Trinajstić information content (AvgIpc) is 2.91. The lowest BCUT2D eigenvalue weighted by molar-refractivity contribution is -0.384. The maximum atomic E-state index is 11.8. The minimum absolute atomic E-state index is 0.0522. The van der Waals surface area contributed by atoms with Crippen LogP contribution in [0.1, 0.15) is 11.1 Å². The van der Waals surface area contributed by atoms with Gasteiger partial charge < -0.3 is 9.94 Å². The lowest BCUT2D eigenvalue weighted by Gasteiger charge is -2.01. The maximum Gasteiger partial charge on any atom is 0.368 e. The summed E-state index contributed by atoms with van der Waals surface area (Å²) >= 11 is 0. The van der Waals surface area contributed by atoms with Crippen molar-refractivity contribution in [2.75, 3.05) is 0 Å². The Kier molecular flexibility index (Phi) is 3.60. The molecule has 0 saturated heterocycles. The minimum atomic E-state index is -0.605. The molecule has 7 nitrogen and oxygen atoms in total. The number of hydrogen-bond acceptors (Lipinski definition) is 6. The maximum absolute atomic E-state index is 11.8. The first-order valence-electron chi connectivity index (χ1n) is 6.60. The molecule has 2 aromatic carbocycles. The monoisotopic (exact) mass is 310 g/mol. The number of nitrogens with zero attached hydrogens (tertiary/aromatic N) is 2. The zero-order chi connectivity index (χ0) is 16.4. The van der Waals surface area contributed by atoms with E-state index in [0.29, 0.717) is 16.8 Å². The SMILES string of the molecule is O=C1ON=C(c2ccc([N+](=O)[O-])cc2)/C1=C/c1ccc(O)cc1. The van der Waals surface area contributed by atoms with E-state index in [2.05, 4.69) is 5.16 Å². The summed E-state index contributed by atoms with van der Waals surface area (Å²) in [6.45, 7) is 0. The molecule has 0 saturated carbocycles. The molecule has 7 heteroatoms. The Morgan fingerprint density at radius 2 is 1.74 bits per heavy atom. The van der Waals surface area contributed by atoms with E-state index >= 15 is 0 Å². The number of nitro benzene ring substituents is 1. The van der Waals surface area contributed by atoms with E-state index in [1.54, 1.807) is 18.2 Å². The number of aromatic hydroxyl groups is 1. The summed E-state index contributed by atoms with van der Waals surface area (Å²) < 4.78 is 0. The average molecular weight is 310 g/mol. The van der Waals surface area contributed by atoms with Crippen LogP contribution in [0, 0.1) is 10.1 Å². The molecule has 1 N–H and O–H groups in total. The minimum Gasteiger partial charge on any atom is -0.508 e. The number of phenols is 1. The van der Waals surface area contributed by atoms with Crippen LogP contribution in [-0.4, -0.2) is 21.7 Å². The van der Waals surface area contributed by atoms with E-state index in [1.807, 2.05) is 0 Å². The molecule has 114 valence electrons. The van der Waals surface area contributed by atoms with Gasteiger partial charge in [0.05, 0.1) is 10.5 Å². The molecule has 1 heterocycles. The molecule has 0 bridgehead atoms. The summed E-state index contributed by atoms with van der Waals surface area (Å²) in [6.07, 6.45) is 1.58. The zero-order valence-corrected chi connectivity index (χ0v) is 11.7. The van der Waals surface area contributed by atoms with Gasteiger partial charge in [-0.3, -0.25) is 10.1 Å². The van der Waals surface area contributed by atoms with Crippen LogP contribution < -0.4 is 0 Å². The third-order valence-electron chi connectivity index (χ3n) is 3.25. The first kappa shape index (κ1) is 14.5. The Hall–Kier alpha value is -3.48. The van der Waals surface area contributed by atoms with Crippen molar-refractivity contribution in [1.82, 2.24) is 0 Å². The second-order valence-electron chi connectivity index (χ2n) is 4.77. The van der Waals surface area contributed by atoms with Crippen molar-refractivity contribution in [2.45, 2.75) is 0 Å². The van der Waals surface area contributed by atoms with Crippen molar-refractivity contribution in [3.8, 4) is 5.75 Å². The van der Waals surface area contributed by atoms with Crippen molar-refractivity contribution in [3.05, 3.63) is 75.3 Å². The molecule has 0 radical (unpaired) electrons. The third kappa shape index (κ3) is 2.93. The van der Waals surface area contributed by atoms with E-state index in [-0.39, 0.29) is 17.0 Å². The summed E-state index contributed by atoms with van der Waals surface area (Å²) in [5.41, 5.74) is 1.71. The van der Waals surface area contributed by atoms with Crippen LogP contribution in [0.15, 0.2) is 59.3 Å². The topological polar surface area (TPSA) is 102 Å². The van der Waals surface area contributed by atoms with Crippen LogP contribution in [0.4, 0.5) is 5.69 Å². The third-order valence-corrected chi connectivity index (χ3v) is 3.25. The van der Waals surface area contributed by atoms with Gasteiger partial charge in [-0.15, -0.1) is 0 Å². The zero-order valence-electron chi connectivity index (χ0n) is 11.7. The Balaban J connectivity index is 1.96. The number of oxime groups is 1. The van der Waals surface area contributed by atoms with Crippen LogP contribution in [0.2, 0.25) is 0 Å². The Morgan fingerprint density at radius 1 is 1.09 bits per heavy atom. The van der Waals surface area contributed by atoms with Gasteiger partial charge in [-0.05, 0) is 35.9 Å². The highest BCUT2D eigenvalue weighted by Gasteiger charge is 2.27. The lowest BCUT2D eigenvalue weighted by atomic mass is 10.0. The van der Waals surface area contributed by atoms with Crippen LogP contribution in [0.5, 0.6) is 5.75 Å². The second kappa shape index (κ2) is 5.72. The molecule has 0 aliphatic carbocycles. The van der Waals surface area contributed by atoms with Gasteiger partial charge in [0.1, 0.15) is 11.5 Å². The van der Waals surface area contributed by atoms with Gasteiger partial charge >= 0.3 is 5.97 Å². The van der Waals surface area contributed by atoms with Gasteiger partial charge in [0.15, 0.2) is 0 Å². The van der Waals surface area contributed by atoms with E-state index < -0.39 is 10.9 Å². The number of non-ortho nitro benzene ring substituents is 1. The molecule has 0 unspecified atom stereocenters. The fourth-order valence-corrected chi connectivity index (χ4v) is 2.10. The fraction of sp³-hybridized carbons (Fsp3) is 0. The smallest absolute Gasteiger partial charge is 0.368 e. The van der Waals surface area contributed by atoms with E-state index in [9.17, 15) is 20.0 Å². The van der Waals surface area contributed by atoms with Gasteiger partial charge in [-0.1, -0.05) is 17.3 Å². The van der Waals surface area contributed by atoms with E-state index in [1.165, 1.54) is 36.4 Å². The molecule has 1 aliphatic heterocycles. The van der Waals surface area contributed by atoms with Gasteiger partial charge in [0.25, 0.3) is 5.69 Å². The highest BCUT2D eigenvalue weighted by Crippen LogP contribution is 2.23. The first-order valence-corrected chi connectivity index (χ1v) is 6.60. The molecule has 0 atom stereocenters. The molecule has 0 spiro atoms. The van der Waals surface area contributed by atoms with Gasteiger partial charge in [0, 0.05) is 17.7 Å². The molecule has 2 aromatic rings. The first-order chi connectivity index (χ1) is 11.0. The Morgan fingerprint density at radius 3 is 2.35 bits per heavy atom. The normalized spacial score (nSPS) is 15.4. The lowest BCUT2D eigenvalue weighted by Crippen LogP contribution is -2.06. The summed E-state index contributed by atoms with van der Waals surface area (Å²) in [7, 11) is 0. The van der Waals surface area contributed by atoms with Crippen molar-refractivity contribution in [1.29, 1.82) is 0 Å². The van der Waals surface area contributed by atoms with Crippen molar-refractivity contribution < 1.29 is 19.7 Å². The molecule has 0 aromatic heterocycles. The predicted octanol–water partition coefficient (Wildman–Crippen LogP) is 2.64. The number of rotatable bonds is 3. The van der Waals surface area contributed by atoms with Crippen molar-refractivity contribution >= 4 is 23.4 Å². The highest BCUT2D eigenvalue weighted by atomic mass is 16.7.